The first-order valence-electron chi connectivity index (χ1n) is 6.64. The van der Waals surface area contributed by atoms with Crippen LogP contribution in [0.2, 0.25) is 0 Å². The number of amides is 1. The number of hydrogen-bond donors (Lipinski definition) is 1. The average Bonchev–Trinajstić information content (AvgIpc) is 2.89. The van der Waals surface area contributed by atoms with Gasteiger partial charge in [0.25, 0.3) is 0 Å². The molecule has 2 heterocycles. The van der Waals surface area contributed by atoms with Crippen LogP contribution in [0.5, 0.6) is 0 Å². The predicted octanol–water partition coefficient (Wildman–Crippen LogP) is 2.39. The van der Waals surface area contributed by atoms with Crippen LogP contribution < -0.4 is 0 Å². The number of carboxylic acid groups (broad SMARTS) is 1. The van der Waals surface area contributed by atoms with Crippen molar-refractivity contribution in [2.45, 2.75) is 38.6 Å². The van der Waals surface area contributed by atoms with E-state index in [4.69, 9.17) is 5.11 Å². The molecule has 0 radical (unpaired) electrons. The topological polar surface area (TPSA) is 57.6 Å². The summed E-state index contributed by atoms with van der Waals surface area (Å²) in [7, 11) is 0. The summed E-state index contributed by atoms with van der Waals surface area (Å²) in [6.07, 6.45) is 2.67. The van der Waals surface area contributed by atoms with Crippen molar-refractivity contribution in [1.29, 1.82) is 0 Å². The third-order valence-electron chi connectivity index (χ3n) is 3.79. The van der Waals surface area contributed by atoms with E-state index in [0.717, 1.165) is 12.8 Å². The van der Waals surface area contributed by atoms with Gasteiger partial charge in [0.15, 0.2) is 0 Å². The van der Waals surface area contributed by atoms with E-state index in [9.17, 15) is 9.59 Å². The van der Waals surface area contributed by atoms with Gasteiger partial charge >= 0.3 is 5.97 Å². The van der Waals surface area contributed by atoms with E-state index >= 15 is 0 Å². The second-order valence-corrected chi connectivity index (χ2v) is 6.03. The van der Waals surface area contributed by atoms with Gasteiger partial charge in [0.05, 0.1) is 5.92 Å². The SMILES string of the molecule is C[C@@H]1[C@H](C(=O)O)CCCN1C(=O)CCc1cccs1. The highest BCUT2D eigenvalue weighted by atomic mass is 32.1. The average molecular weight is 281 g/mol. The van der Waals surface area contributed by atoms with Gasteiger partial charge in [0.2, 0.25) is 5.91 Å². The Morgan fingerprint density at radius 2 is 2.32 bits per heavy atom. The van der Waals surface area contributed by atoms with Crippen LogP contribution in [0.15, 0.2) is 17.5 Å². The van der Waals surface area contributed by atoms with E-state index in [1.807, 2.05) is 24.4 Å². The Labute approximate surface area is 117 Å². The van der Waals surface area contributed by atoms with Crippen molar-refractivity contribution < 1.29 is 14.7 Å². The lowest BCUT2D eigenvalue weighted by atomic mass is 9.90. The number of hydrogen-bond acceptors (Lipinski definition) is 3. The molecular weight excluding hydrogens is 262 g/mol. The second kappa shape index (κ2) is 6.19. The van der Waals surface area contributed by atoms with E-state index in [0.29, 0.717) is 19.4 Å². The van der Waals surface area contributed by atoms with Gasteiger partial charge in [-0.2, -0.15) is 0 Å². The van der Waals surface area contributed by atoms with Crippen LogP contribution >= 0.6 is 11.3 Å². The molecule has 0 aliphatic carbocycles. The van der Waals surface area contributed by atoms with Gasteiger partial charge in [-0.1, -0.05) is 6.07 Å². The van der Waals surface area contributed by atoms with E-state index in [1.54, 1.807) is 16.2 Å². The molecule has 1 aromatic rings. The number of carboxylic acids is 1. The molecule has 4 nitrogen and oxygen atoms in total. The minimum Gasteiger partial charge on any atom is -0.481 e. The molecule has 0 aromatic carbocycles. The summed E-state index contributed by atoms with van der Waals surface area (Å²) in [6, 6.07) is 3.81. The number of thiophene rings is 1. The van der Waals surface area contributed by atoms with Gasteiger partial charge in [0.1, 0.15) is 0 Å². The summed E-state index contributed by atoms with van der Waals surface area (Å²) in [5.74, 6) is -1.13. The van der Waals surface area contributed by atoms with E-state index < -0.39 is 11.9 Å². The fourth-order valence-corrected chi connectivity index (χ4v) is 3.36. The van der Waals surface area contributed by atoms with Gasteiger partial charge in [0, 0.05) is 23.9 Å². The van der Waals surface area contributed by atoms with Gasteiger partial charge in [-0.3, -0.25) is 9.59 Å². The predicted molar refractivity (Wildman–Crippen MR) is 74.2 cm³/mol. The molecule has 104 valence electrons. The molecule has 1 fully saturated rings. The molecule has 2 atom stereocenters. The minimum atomic E-state index is -0.789. The van der Waals surface area contributed by atoms with Crippen LogP contribution in [-0.4, -0.2) is 34.5 Å². The molecule has 0 saturated carbocycles. The van der Waals surface area contributed by atoms with Crippen molar-refractivity contribution in [3.63, 3.8) is 0 Å². The van der Waals surface area contributed by atoms with Gasteiger partial charge < -0.3 is 10.0 Å². The molecule has 1 saturated heterocycles. The quantitative estimate of drug-likeness (QED) is 0.922. The van der Waals surface area contributed by atoms with Crippen LogP contribution in [0.1, 0.15) is 31.1 Å². The zero-order valence-electron chi connectivity index (χ0n) is 11.0. The standard InChI is InChI=1S/C14H19NO3S/c1-10-12(14(17)18)5-2-8-15(10)13(16)7-6-11-4-3-9-19-11/h3-4,9-10,12H,2,5-8H2,1H3,(H,17,18)/t10-,12-/m1/s1. The highest BCUT2D eigenvalue weighted by molar-refractivity contribution is 7.09. The lowest BCUT2D eigenvalue weighted by molar-refractivity contribution is -0.149. The van der Waals surface area contributed by atoms with Gasteiger partial charge in [-0.25, -0.2) is 0 Å². The molecule has 0 bridgehead atoms. The Bertz CT molecular complexity index is 444. The van der Waals surface area contributed by atoms with Crippen LogP contribution in [0.3, 0.4) is 0 Å². The molecule has 1 aliphatic heterocycles. The maximum Gasteiger partial charge on any atom is 0.308 e. The molecular formula is C14H19NO3S. The van der Waals surface area contributed by atoms with Crippen molar-refractivity contribution in [3.05, 3.63) is 22.4 Å². The Kier molecular flexibility index (Phi) is 4.58. The molecule has 1 amide bonds. The number of likely N-dealkylation sites (tertiary alicyclic amines) is 1. The van der Waals surface area contributed by atoms with Crippen LogP contribution in [0.25, 0.3) is 0 Å². The number of nitrogens with zero attached hydrogens (tertiary/aromatic N) is 1. The summed E-state index contributed by atoms with van der Waals surface area (Å²) >= 11 is 1.65. The van der Waals surface area contributed by atoms with Crippen molar-refractivity contribution in [3.8, 4) is 0 Å². The van der Waals surface area contributed by atoms with Gasteiger partial charge in [-0.15, -0.1) is 11.3 Å². The number of aliphatic carboxylic acids is 1. The van der Waals surface area contributed by atoms with E-state index in [2.05, 4.69) is 0 Å². The smallest absolute Gasteiger partial charge is 0.308 e. The Morgan fingerprint density at radius 3 is 2.95 bits per heavy atom. The van der Waals surface area contributed by atoms with Gasteiger partial charge in [-0.05, 0) is 37.6 Å². The summed E-state index contributed by atoms with van der Waals surface area (Å²) in [5, 5.41) is 11.2. The fourth-order valence-electron chi connectivity index (χ4n) is 2.65. The number of rotatable bonds is 4. The first-order valence-corrected chi connectivity index (χ1v) is 7.52. The monoisotopic (exact) mass is 281 g/mol. The zero-order chi connectivity index (χ0) is 13.8. The van der Waals surface area contributed by atoms with Crippen molar-refractivity contribution >= 4 is 23.2 Å². The highest BCUT2D eigenvalue weighted by Crippen LogP contribution is 2.24. The van der Waals surface area contributed by atoms with Crippen LogP contribution in [-0.2, 0) is 16.0 Å². The van der Waals surface area contributed by atoms with Crippen molar-refractivity contribution in [1.82, 2.24) is 4.90 Å². The summed E-state index contributed by atoms with van der Waals surface area (Å²) in [5.41, 5.74) is 0. The normalized spacial score (nSPS) is 23.3. The molecule has 0 spiro atoms. The maximum absolute atomic E-state index is 12.2. The van der Waals surface area contributed by atoms with Crippen molar-refractivity contribution in [2.75, 3.05) is 6.54 Å². The fraction of sp³-hybridized carbons (Fsp3) is 0.571. The lowest BCUT2D eigenvalue weighted by Gasteiger charge is -2.37. The van der Waals surface area contributed by atoms with E-state index in [-0.39, 0.29) is 11.9 Å². The molecule has 19 heavy (non-hydrogen) atoms. The third kappa shape index (κ3) is 3.35. The molecule has 0 unspecified atom stereocenters. The number of aryl methyl sites for hydroxylation is 1. The van der Waals surface area contributed by atoms with Crippen LogP contribution in [0.4, 0.5) is 0 Å². The number of carbonyl (C=O) groups is 2. The molecule has 5 heteroatoms. The first-order chi connectivity index (χ1) is 9.09. The molecule has 2 rings (SSSR count). The van der Waals surface area contributed by atoms with E-state index in [1.165, 1.54) is 4.88 Å². The molecule has 1 N–H and O–H groups in total. The largest absolute Gasteiger partial charge is 0.481 e. The summed E-state index contributed by atoms with van der Waals surface area (Å²) in [4.78, 5) is 26.3. The molecule has 1 aliphatic rings. The summed E-state index contributed by atoms with van der Waals surface area (Å²) in [6.45, 7) is 2.54. The first kappa shape index (κ1) is 14.1. The maximum atomic E-state index is 12.2. The minimum absolute atomic E-state index is 0.0758. The Hall–Kier alpha value is -1.36. The second-order valence-electron chi connectivity index (χ2n) is 4.99. The molecule has 1 aromatic heterocycles. The van der Waals surface area contributed by atoms with Crippen molar-refractivity contribution in [2.24, 2.45) is 5.92 Å². The third-order valence-corrected chi connectivity index (χ3v) is 4.73. The Balaban J connectivity index is 1.92. The zero-order valence-corrected chi connectivity index (χ0v) is 11.9. The van der Waals surface area contributed by atoms with Crippen LogP contribution in [0, 0.1) is 5.92 Å². The highest BCUT2D eigenvalue weighted by Gasteiger charge is 2.34. The summed E-state index contributed by atoms with van der Waals surface area (Å²) < 4.78 is 0. The number of piperidine rings is 1. The Morgan fingerprint density at radius 1 is 1.53 bits per heavy atom. The lowest BCUT2D eigenvalue weighted by Crippen LogP contribution is -2.49. The number of carbonyl (C=O) groups excluding carboxylic acids is 1.